The summed E-state index contributed by atoms with van der Waals surface area (Å²) in [4.78, 5) is 16.0. The van der Waals surface area contributed by atoms with Crippen LogP contribution >= 0.6 is 0 Å². The summed E-state index contributed by atoms with van der Waals surface area (Å²) < 4.78 is 0. The Bertz CT molecular complexity index is 440. The number of amidine groups is 1. The standard InChI is InChI=1S/C11H14N4O2/c12-9(15-17)11(4-5-11)10(16)14-7-8-3-1-2-6-13-8/h1-3,6,17H,4-5,7H2,(H2,12,15)(H,14,16). The molecule has 0 atom stereocenters. The minimum Gasteiger partial charge on any atom is -0.409 e. The second-order valence-corrected chi connectivity index (χ2v) is 4.07. The number of pyridine rings is 1. The van der Waals surface area contributed by atoms with Crippen LogP contribution in [0.2, 0.25) is 0 Å². The first-order chi connectivity index (χ1) is 8.19. The maximum absolute atomic E-state index is 11.9. The lowest BCUT2D eigenvalue weighted by molar-refractivity contribution is -0.124. The Morgan fingerprint density at radius 2 is 2.35 bits per heavy atom. The van der Waals surface area contributed by atoms with Crippen LogP contribution in [0.1, 0.15) is 18.5 Å². The van der Waals surface area contributed by atoms with Crippen LogP contribution < -0.4 is 11.1 Å². The number of hydrogen-bond acceptors (Lipinski definition) is 4. The Morgan fingerprint density at radius 3 is 2.88 bits per heavy atom. The molecule has 1 aliphatic rings. The van der Waals surface area contributed by atoms with E-state index >= 15 is 0 Å². The van der Waals surface area contributed by atoms with Gasteiger partial charge in [0.25, 0.3) is 0 Å². The fraction of sp³-hybridized carbons (Fsp3) is 0.364. The van der Waals surface area contributed by atoms with Gasteiger partial charge in [0.1, 0.15) is 5.41 Å². The van der Waals surface area contributed by atoms with Crippen LogP contribution in [-0.4, -0.2) is 21.9 Å². The van der Waals surface area contributed by atoms with Crippen molar-refractivity contribution in [1.29, 1.82) is 0 Å². The van der Waals surface area contributed by atoms with Crippen molar-refractivity contribution in [3.05, 3.63) is 30.1 Å². The molecule has 17 heavy (non-hydrogen) atoms. The third kappa shape index (κ3) is 2.20. The molecule has 0 aliphatic heterocycles. The van der Waals surface area contributed by atoms with E-state index in [1.54, 1.807) is 6.20 Å². The van der Waals surface area contributed by atoms with Crippen LogP contribution in [0.25, 0.3) is 0 Å². The summed E-state index contributed by atoms with van der Waals surface area (Å²) in [5, 5.41) is 14.3. The lowest BCUT2D eigenvalue weighted by Gasteiger charge is -2.13. The molecule has 1 aromatic heterocycles. The molecule has 4 N–H and O–H groups in total. The topological polar surface area (TPSA) is 101 Å². The van der Waals surface area contributed by atoms with Gasteiger partial charge in [0.2, 0.25) is 5.91 Å². The maximum atomic E-state index is 11.9. The average Bonchev–Trinajstić information content (AvgIpc) is 3.17. The molecule has 1 heterocycles. The number of rotatable bonds is 4. The molecule has 2 rings (SSSR count). The number of oxime groups is 1. The number of carbonyl (C=O) groups excluding carboxylic acids is 1. The Kier molecular flexibility index (Phi) is 2.95. The molecule has 0 radical (unpaired) electrons. The predicted molar refractivity (Wildman–Crippen MR) is 61.2 cm³/mol. The van der Waals surface area contributed by atoms with Gasteiger partial charge in [-0.05, 0) is 25.0 Å². The van der Waals surface area contributed by atoms with Crippen LogP contribution in [0.4, 0.5) is 0 Å². The van der Waals surface area contributed by atoms with Crippen molar-refractivity contribution in [3.8, 4) is 0 Å². The van der Waals surface area contributed by atoms with E-state index in [1.807, 2.05) is 18.2 Å². The number of amides is 1. The molecule has 1 fully saturated rings. The summed E-state index contributed by atoms with van der Waals surface area (Å²) in [6, 6.07) is 5.48. The van der Waals surface area contributed by atoms with E-state index in [2.05, 4.69) is 15.5 Å². The Morgan fingerprint density at radius 1 is 1.59 bits per heavy atom. The highest BCUT2D eigenvalue weighted by Gasteiger charge is 2.54. The normalized spacial score (nSPS) is 17.5. The van der Waals surface area contributed by atoms with E-state index < -0.39 is 5.41 Å². The smallest absolute Gasteiger partial charge is 0.234 e. The maximum Gasteiger partial charge on any atom is 0.234 e. The van der Waals surface area contributed by atoms with Gasteiger partial charge in [-0.25, -0.2) is 0 Å². The molecular weight excluding hydrogens is 220 g/mol. The second-order valence-electron chi connectivity index (χ2n) is 4.07. The zero-order chi connectivity index (χ0) is 12.3. The van der Waals surface area contributed by atoms with Gasteiger partial charge >= 0.3 is 0 Å². The quantitative estimate of drug-likeness (QED) is 0.300. The van der Waals surface area contributed by atoms with E-state index in [9.17, 15) is 4.79 Å². The van der Waals surface area contributed by atoms with Crippen LogP contribution in [0, 0.1) is 5.41 Å². The number of carbonyl (C=O) groups is 1. The SMILES string of the molecule is N/C(=N/O)C1(C(=O)NCc2ccccn2)CC1. The number of nitrogens with one attached hydrogen (secondary N) is 1. The summed E-state index contributed by atoms with van der Waals surface area (Å²) >= 11 is 0. The van der Waals surface area contributed by atoms with Crippen LogP contribution in [-0.2, 0) is 11.3 Å². The van der Waals surface area contributed by atoms with Crippen LogP contribution in [0.5, 0.6) is 0 Å². The van der Waals surface area contributed by atoms with Gasteiger partial charge in [-0.1, -0.05) is 11.2 Å². The van der Waals surface area contributed by atoms with E-state index in [0.717, 1.165) is 5.69 Å². The predicted octanol–water partition coefficient (Wildman–Crippen LogP) is 0.224. The summed E-state index contributed by atoms with van der Waals surface area (Å²) in [6.07, 6.45) is 2.91. The Balaban J connectivity index is 1.95. The summed E-state index contributed by atoms with van der Waals surface area (Å²) in [5.74, 6) is -0.227. The van der Waals surface area contributed by atoms with Crippen LogP contribution in [0.15, 0.2) is 29.6 Å². The number of aromatic nitrogens is 1. The minimum absolute atomic E-state index is 0.0176. The first-order valence-electron chi connectivity index (χ1n) is 5.35. The van der Waals surface area contributed by atoms with Gasteiger partial charge in [0.15, 0.2) is 5.84 Å². The van der Waals surface area contributed by atoms with Crippen molar-refractivity contribution in [3.63, 3.8) is 0 Å². The summed E-state index contributed by atoms with van der Waals surface area (Å²) in [5.41, 5.74) is 5.48. The van der Waals surface area contributed by atoms with E-state index in [1.165, 1.54) is 0 Å². The third-order valence-electron chi connectivity index (χ3n) is 2.94. The van der Waals surface area contributed by atoms with Crippen molar-refractivity contribution >= 4 is 11.7 Å². The average molecular weight is 234 g/mol. The minimum atomic E-state index is -0.802. The number of nitrogens with two attached hydrogens (primary N) is 1. The number of hydrogen-bond donors (Lipinski definition) is 3. The largest absolute Gasteiger partial charge is 0.409 e. The van der Waals surface area contributed by atoms with Gasteiger partial charge in [-0.3, -0.25) is 9.78 Å². The molecule has 1 saturated carbocycles. The second kappa shape index (κ2) is 4.40. The molecule has 0 saturated heterocycles. The van der Waals surface area contributed by atoms with Crippen molar-refractivity contribution in [2.45, 2.75) is 19.4 Å². The molecule has 6 heteroatoms. The van der Waals surface area contributed by atoms with E-state index in [4.69, 9.17) is 10.9 Å². The molecule has 1 aliphatic carbocycles. The van der Waals surface area contributed by atoms with Crippen LogP contribution in [0.3, 0.4) is 0 Å². The van der Waals surface area contributed by atoms with E-state index in [-0.39, 0.29) is 11.7 Å². The monoisotopic (exact) mass is 234 g/mol. The van der Waals surface area contributed by atoms with Gasteiger partial charge in [0.05, 0.1) is 12.2 Å². The van der Waals surface area contributed by atoms with Gasteiger partial charge < -0.3 is 16.3 Å². The van der Waals surface area contributed by atoms with E-state index in [0.29, 0.717) is 19.4 Å². The van der Waals surface area contributed by atoms with Gasteiger partial charge in [0, 0.05) is 6.20 Å². The first-order valence-corrected chi connectivity index (χ1v) is 5.35. The van der Waals surface area contributed by atoms with Crippen molar-refractivity contribution in [1.82, 2.24) is 10.3 Å². The Labute approximate surface area is 98.5 Å². The third-order valence-corrected chi connectivity index (χ3v) is 2.94. The van der Waals surface area contributed by atoms with Crippen molar-refractivity contribution in [2.24, 2.45) is 16.3 Å². The van der Waals surface area contributed by atoms with Gasteiger partial charge in [-0.2, -0.15) is 0 Å². The summed E-state index contributed by atoms with van der Waals surface area (Å²) in [6.45, 7) is 0.347. The fourth-order valence-corrected chi connectivity index (χ4v) is 1.66. The van der Waals surface area contributed by atoms with Gasteiger partial charge in [-0.15, -0.1) is 0 Å². The highest BCUT2D eigenvalue weighted by molar-refractivity contribution is 6.09. The zero-order valence-corrected chi connectivity index (χ0v) is 9.26. The highest BCUT2D eigenvalue weighted by atomic mass is 16.4. The molecule has 0 spiro atoms. The molecular formula is C11H14N4O2. The first kappa shape index (κ1) is 11.4. The lowest BCUT2D eigenvalue weighted by atomic mass is 10.1. The molecule has 0 unspecified atom stereocenters. The lowest BCUT2D eigenvalue weighted by Crippen LogP contribution is -2.40. The summed E-state index contributed by atoms with van der Waals surface area (Å²) in [7, 11) is 0. The fourth-order valence-electron chi connectivity index (χ4n) is 1.66. The zero-order valence-electron chi connectivity index (χ0n) is 9.26. The molecule has 0 aromatic carbocycles. The Hall–Kier alpha value is -2.11. The van der Waals surface area contributed by atoms with Crippen molar-refractivity contribution < 1.29 is 10.0 Å². The molecule has 1 aromatic rings. The number of nitrogens with zero attached hydrogens (tertiary/aromatic N) is 2. The van der Waals surface area contributed by atoms with Crippen molar-refractivity contribution in [2.75, 3.05) is 0 Å². The molecule has 0 bridgehead atoms. The molecule has 6 nitrogen and oxygen atoms in total. The molecule has 1 amide bonds. The highest BCUT2D eigenvalue weighted by Crippen LogP contribution is 2.46. The molecule has 90 valence electrons.